The zero-order valence-electron chi connectivity index (χ0n) is 17.7. The van der Waals surface area contributed by atoms with Gasteiger partial charge in [-0.15, -0.1) is 10.2 Å². The first-order chi connectivity index (χ1) is 14.9. The summed E-state index contributed by atoms with van der Waals surface area (Å²) in [5.41, 5.74) is 2.03. The Morgan fingerprint density at radius 2 is 1.50 bits per heavy atom. The predicted octanol–water partition coefficient (Wildman–Crippen LogP) is 3.67. The van der Waals surface area contributed by atoms with Crippen LogP contribution in [0, 0.1) is 20.8 Å². The Balaban J connectivity index is 1.85. The van der Waals surface area contributed by atoms with Crippen LogP contribution in [0.3, 0.4) is 0 Å². The molecule has 2 N–H and O–H groups in total. The van der Waals surface area contributed by atoms with E-state index in [1.165, 1.54) is 43.5 Å². The third-order valence-corrected chi connectivity index (χ3v) is 8.00. The number of aryl methyl sites for hydroxylation is 1. The number of halogens is 1. The Hall–Kier alpha value is -2.89. The molecule has 0 saturated carbocycles. The number of sulfonamides is 2. The van der Waals surface area contributed by atoms with E-state index in [1.54, 1.807) is 26.8 Å². The number of hydrogen-bond acceptors (Lipinski definition) is 7. The van der Waals surface area contributed by atoms with Crippen molar-refractivity contribution in [2.75, 3.05) is 16.6 Å². The van der Waals surface area contributed by atoms with Gasteiger partial charge in [0.15, 0.2) is 11.0 Å². The molecule has 0 amide bonds. The molecule has 0 atom stereocenters. The lowest BCUT2D eigenvalue weighted by Gasteiger charge is -2.17. The van der Waals surface area contributed by atoms with Gasteiger partial charge in [-0.3, -0.25) is 9.44 Å². The standard InChI is InChI=1S/C20H21ClN4O5S2/c1-12-11-17(30-4)13(2)14(3)20(12)32(28,29)24-15-5-7-16(8-6-15)31(26,27)25-19-10-9-18(21)22-23-19/h5-11,24H,1-4H3,(H,23,25). The summed E-state index contributed by atoms with van der Waals surface area (Å²) in [5, 5.41) is 7.35. The fraction of sp³-hybridized carbons (Fsp3) is 0.200. The van der Waals surface area contributed by atoms with E-state index < -0.39 is 20.0 Å². The Labute approximate surface area is 191 Å². The van der Waals surface area contributed by atoms with E-state index >= 15 is 0 Å². The number of benzene rings is 2. The largest absolute Gasteiger partial charge is 0.496 e. The second-order valence-corrected chi connectivity index (χ2v) is 10.6. The van der Waals surface area contributed by atoms with Crippen molar-refractivity contribution < 1.29 is 21.6 Å². The zero-order valence-corrected chi connectivity index (χ0v) is 20.1. The number of ether oxygens (including phenoxy) is 1. The molecule has 0 aliphatic carbocycles. The van der Waals surface area contributed by atoms with Gasteiger partial charge in [-0.2, -0.15) is 0 Å². The average Bonchev–Trinajstić information content (AvgIpc) is 2.72. The van der Waals surface area contributed by atoms with Gasteiger partial charge in [0.2, 0.25) is 0 Å². The maximum absolute atomic E-state index is 13.0. The summed E-state index contributed by atoms with van der Waals surface area (Å²) in [6, 6.07) is 9.72. The number of nitrogens with one attached hydrogen (secondary N) is 2. The van der Waals surface area contributed by atoms with Gasteiger partial charge < -0.3 is 4.74 Å². The minimum absolute atomic E-state index is 0.00000489. The van der Waals surface area contributed by atoms with Gasteiger partial charge in [-0.05, 0) is 79.9 Å². The monoisotopic (exact) mass is 496 g/mol. The van der Waals surface area contributed by atoms with E-state index in [0.717, 1.165) is 5.56 Å². The van der Waals surface area contributed by atoms with Crippen LogP contribution < -0.4 is 14.2 Å². The molecule has 0 saturated heterocycles. The highest BCUT2D eigenvalue weighted by molar-refractivity contribution is 7.93. The minimum Gasteiger partial charge on any atom is -0.496 e. The van der Waals surface area contributed by atoms with Gasteiger partial charge in [0.25, 0.3) is 20.0 Å². The van der Waals surface area contributed by atoms with Crippen molar-refractivity contribution in [2.24, 2.45) is 0 Å². The molecule has 32 heavy (non-hydrogen) atoms. The van der Waals surface area contributed by atoms with Crippen LogP contribution in [0.5, 0.6) is 5.75 Å². The lowest BCUT2D eigenvalue weighted by molar-refractivity contribution is 0.410. The van der Waals surface area contributed by atoms with Crippen molar-refractivity contribution in [1.29, 1.82) is 0 Å². The van der Waals surface area contributed by atoms with Crippen molar-refractivity contribution in [3.8, 4) is 5.75 Å². The first-order valence-electron chi connectivity index (χ1n) is 9.24. The third-order valence-electron chi connectivity index (χ3n) is 4.75. The number of rotatable bonds is 7. The normalized spacial score (nSPS) is 11.8. The van der Waals surface area contributed by atoms with E-state index in [1.807, 2.05) is 0 Å². The average molecular weight is 497 g/mol. The second-order valence-electron chi connectivity index (χ2n) is 6.95. The minimum atomic E-state index is -3.95. The number of methoxy groups -OCH3 is 1. The summed E-state index contributed by atoms with van der Waals surface area (Å²) >= 11 is 5.64. The molecule has 3 rings (SSSR count). The predicted molar refractivity (Wildman–Crippen MR) is 122 cm³/mol. The molecule has 1 aromatic heterocycles. The molecule has 0 radical (unpaired) electrons. The van der Waals surface area contributed by atoms with Gasteiger partial charge in [-0.1, -0.05) is 11.6 Å². The van der Waals surface area contributed by atoms with Crippen LogP contribution in [0.2, 0.25) is 5.15 Å². The van der Waals surface area contributed by atoms with Crippen molar-refractivity contribution in [3.63, 3.8) is 0 Å². The van der Waals surface area contributed by atoms with E-state index in [2.05, 4.69) is 19.6 Å². The Kier molecular flexibility index (Phi) is 6.63. The highest BCUT2D eigenvalue weighted by Crippen LogP contribution is 2.31. The van der Waals surface area contributed by atoms with Gasteiger partial charge >= 0.3 is 0 Å². The van der Waals surface area contributed by atoms with Crippen LogP contribution >= 0.6 is 11.6 Å². The summed E-state index contributed by atoms with van der Waals surface area (Å²) in [6.45, 7) is 5.18. The lowest BCUT2D eigenvalue weighted by Crippen LogP contribution is -2.17. The topological polar surface area (TPSA) is 127 Å². The summed E-state index contributed by atoms with van der Waals surface area (Å²) in [4.78, 5) is 0.0697. The molecule has 2 aromatic carbocycles. The molecule has 12 heteroatoms. The van der Waals surface area contributed by atoms with Gasteiger partial charge in [-0.25, -0.2) is 16.8 Å². The second kappa shape index (κ2) is 8.93. The molecule has 9 nitrogen and oxygen atoms in total. The van der Waals surface area contributed by atoms with Crippen molar-refractivity contribution >= 4 is 43.2 Å². The molecular weight excluding hydrogens is 476 g/mol. The first-order valence-corrected chi connectivity index (χ1v) is 12.6. The fourth-order valence-electron chi connectivity index (χ4n) is 3.12. The van der Waals surface area contributed by atoms with Crippen LogP contribution in [0.1, 0.15) is 16.7 Å². The highest BCUT2D eigenvalue weighted by atomic mass is 35.5. The summed E-state index contributed by atoms with van der Waals surface area (Å²) < 4.78 is 61.2. The van der Waals surface area contributed by atoms with E-state index in [-0.39, 0.29) is 26.4 Å². The third kappa shape index (κ3) is 4.95. The molecule has 1 heterocycles. The summed E-state index contributed by atoms with van der Waals surface area (Å²) in [5.74, 6) is 0.603. The molecule has 0 bridgehead atoms. The van der Waals surface area contributed by atoms with E-state index in [9.17, 15) is 16.8 Å². The summed E-state index contributed by atoms with van der Waals surface area (Å²) in [7, 11) is -6.35. The van der Waals surface area contributed by atoms with Gasteiger partial charge in [0.1, 0.15) is 5.75 Å². The van der Waals surface area contributed by atoms with Crippen molar-refractivity contribution in [1.82, 2.24) is 10.2 Å². The fourth-order valence-corrected chi connectivity index (χ4v) is 5.81. The van der Waals surface area contributed by atoms with Crippen LogP contribution in [-0.2, 0) is 20.0 Å². The van der Waals surface area contributed by atoms with Gasteiger partial charge in [0, 0.05) is 5.69 Å². The molecule has 0 aliphatic heterocycles. The Morgan fingerprint density at radius 3 is 2.06 bits per heavy atom. The molecule has 0 unspecified atom stereocenters. The maximum Gasteiger partial charge on any atom is 0.263 e. The highest BCUT2D eigenvalue weighted by Gasteiger charge is 2.23. The van der Waals surface area contributed by atoms with Crippen LogP contribution in [0.4, 0.5) is 11.5 Å². The van der Waals surface area contributed by atoms with E-state index in [4.69, 9.17) is 16.3 Å². The molecule has 0 spiro atoms. The lowest BCUT2D eigenvalue weighted by atomic mass is 10.1. The molecule has 3 aromatic rings. The first kappa shape index (κ1) is 23.8. The van der Waals surface area contributed by atoms with Gasteiger partial charge in [0.05, 0.1) is 16.9 Å². The SMILES string of the molecule is COc1cc(C)c(S(=O)(=O)Nc2ccc(S(=O)(=O)Nc3ccc(Cl)nn3)cc2)c(C)c1C. The Morgan fingerprint density at radius 1 is 0.844 bits per heavy atom. The molecule has 0 fully saturated rings. The molecular formula is C20H21ClN4O5S2. The quantitative estimate of drug-likeness (QED) is 0.510. The van der Waals surface area contributed by atoms with Crippen molar-refractivity contribution in [3.05, 3.63) is 64.3 Å². The number of nitrogens with zero attached hydrogens (tertiary/aromatic N) is 2. The number of anilines is 2. The Bertz CT molecular complexity index is 1360. The number of hydrogen-bond donors (Lipinski definition) is 2. The van der Waals surface area contributed by atoms with Crippen LogP contribution in [0.25, 0.3) is 0 Å². The zero-order chi connectivity index (χ0) is 23.7. The molecule has 0 aliphatic rings. The van der Waals surface area contributed by atoms with Crippen molar-refractivity contribution in [2.45, 2.75) is 30.6 Å². The number of aromatic nitrogens is 2. The maximum atomic E-state index is 13.0. The van der Waals surface area contributed by atoms with Crippen LogP contribution in [-0.4, -0.2) is 34.1 Å². The molecule has 170 valence electrons. The van der Waals surface area contributed by atoms with Crippen LogP contribution in [0.15, 0.2) is 52.3 Å². The van der Waals surface area contributed by atoms with E-state index in [0.29, 0.717) is 16.9 Å². The summed E-state index contributed by atoms with van der Waals surface area (Å²) in [6.07, 6.45) is 0. The smallest absolute Gasteiger partial charge is 0.263 e.